The van der Waals surface area contributed by atoms with Crippen molar-refractivity contribution >= 4 is 23.0 Å². The van der Waals surface area contributed by atoms with Crippen molar-refractivity contribution < 1.29 is 0 Å². The first-order chi connectivity index (χ1) is 11.2. The summed E-state index contributed by atoms with van der Waals surface area (Å²) in [7, 11) is 0. The van der Waals surface area contributed by atoms with Crippen LogP contribution in [0, 0.1) is 0 Å². The molecule has 3 aromatic rings. The highest BCUT2D eigenvalue weighted by atomic mass is 35.5. The molecule has 0 atom stereocenters. The van der Waals surface area contributed by atoms with Gasteiger partial charge in [-0.15, -0.1) is 0 Å². The summed E-state index contributed by atoms with van der Waals surface area (Å²) in [6.07, 6.45) is 0. The Morgan fingerprint density at radius 3 is 2.22 bits per heavy atom. The molecule has 0 saturated heterocycles. The van der Waals surface area contributed by atoms with Gasteiger partial charge in [-0.05, 0) is 41.8 Å². The average molecular weight is 321 g/mol. The van der Waals surface area contributed by atoms with E-state index in [2.05, 4.69) is 46.9 Å². The number of hydrazone groups is 1. The minimum atomic E-state index is 0.690. The van der Waals surface area contributed by atoms with Crippen molar-refractivity contribution in [3.8, 4) is 11.1 Å². The van der Waals surface area contributed by atoms with Gasteiger partial charge in [0, 0.05) is 5.02 Å². The molecule has 0 saturated carbocycles. The van der Waals surface area contributed by atoms with Crippen LogP contribution in [-0.2, 0) is 0 Å². The fourth-order valence-electron chi connectivity index (χ4n) is 2.31. The van der Waals surface area contributed by atoms with Crippen molar-refractivity contribution in [3.05, 3.63) is 89.4 Å². The molecule has 3 heteroatoms. The molecule has 0 unspecified atom stereocenters. The number of halogens is 1. The monoisotopic (exact) mass is 320 g/mol. The van der Waals surface area contributed by atoms with Crippen LogP contribution < -0.4 is 5.43 Å². The van der Waals surface area contributed by atoms with Crippen LogP contribution >= 0.6 is 11.6 Å². The minimum absolute atomic E-state index is 0.690. The minimum Gasteiger partial charge on any atom is -0.278 e. The molecule has 114 valence electrons. The molecule has 0 spiro atoms. The largest absolute Gasteiger partial charge is 0.278 e. The van der Waals surface area contributed by atoms with Gasteiger partial charge in [0.25, 0.3) is 0 Å². The zero-order valence-electron chi connectivity index (χ0n) is 12.8. The van der Waals surface area contributed by atoms with E-state index in [0.717, 1.165) is 17.0 Å². The SMILES string of the molecule is C/C(=N/Nc1cccc(Cl)c1)c1ccc(-c2ccccc2)cc1. The number of nitrogens with one attached hydrogen (secondary N) is 1. The Morgan fingerprint density at radius 1 is 0.826 bits per heavy atom. The molecule has 0 aliphatic carbocycles. The van der Waals surface area contributed by atoms with E-state index in [9.17, 15) is 0 Å². The quantitative estimate of drug-likeness (QED) is 0.473. The molecule has 0 aliphatic rings. The Bertz CT molecular complexity index is 809. The second kappa shape index (κ2) is 7.12. The van der Waals surface area contributed by atoms with Gasteiger partial charge >= 0.3 is 0 Å². The molecule has 2 nitrogen and oxygen atoms in total. The third-order valence-corrected chi connectivity index (χ3v) is 3.82. The first-order valence-electron chi connectivity index (χ1n) is 7.44. The van der Waals surface area contributed by atoms with Crippen LogP contribution in [0.2, 0.25) is 5.02 Å². The predicted octanol–water partition coefficient (Wildman–Crippen LogP) is 5.84. The summed E-state index contributed by atoms with van der Waals surface area (Å²) < 4.78 is 0. The van der Waals surface area contributed by atoms with E-state index in [-0.39, 0.29) is 0 Å². The van der Waals surface area contributed by atoms with Crippen molar-refractivity contribution in [2.45, 2.75) is 6.92 Å². The highest BCUT2D eigenvalue weighted by Crippen LogP contribution is 2.20. The molecule has 0 aliphatic heterocycles. The average Bonchev–Trinajstić information content (AvgIpc) is 2.61. The Labute approximate surface area is 141 Å². The van der Waals surface area contributed by atoms with E-state index >= 15 is 0 Å². The molecule has 0 bridgehead atoms. The van der Waals surface area contributed by atoms with E-state index in [1.165, 1.54) is 11.1 Å². The standard InChI is InChI=1S/C20H17ClN2/c1-15(22-23-20-9-5-8-19(21)14-20)16-10-12-18(13-11-16)17-6-3-2-4-7-17/h2-14,23H,1H3/b22-15-. The molecule has 3 aromatic carbocycles. The topological polar surface area (TPSA) is 24.4 Å². The Kier molecular flexibility index (Phi) is 4.74. The van der Waals surface area contributed by atoms with Crippen molar-refractivity contribution in [1.82, 2.24) is 0 Å². The van der Waals surface area contributed by atoms with Crippen LogP contribution in [0.1, 0.15) is 12.5 Å². The molecule has 0 aromatic heterocycles. The maximum Gasteiger partial charge on any atom is 0.0648 e. The fourth-order valence-corrected chi connectivity index (χ4v) is 2.50. The van der Waals surface area contributed by atoms with Crippen LogP contribution in [0.5, 0.6) is 0 Å². The molecule has 0 heterocycles. The first kappa shape index (κ1) is 15.3. The maximum absolute atomic E-state index is 5.96. The fraction of sp³-hybridized carbons (Fsp3) is 0.0500. The molecule has 0 radical (unpaired) electrons. The summed E-state index contributed by atoms with van der Waals surface area (Å²) in [6, 6.07) is 26.2. The highest BCUT2D eigenvalue weighted by molar-refractivity contribution is 6.30. The van der Waals surface area contributed by atoms with E-state index in [0.29, 0.717) is 5.02 Å². The molecular formula is C20H17ClN2. The van der Waals surface area contributed by atoms with Crippen LogP contribution in [0.25, 0.3) is 11.1 Å². The second-order valence-electron chi connectivity index (χ2n) is 5.26. The third-order valence-electron chi connectivity index (χ3n) is 3.59. The summed E-state index contributed by atoms with van der Waals surface area (Å²) in [6.45, 7) is 1.98. The summed E-state index contributed by atoms with van der Waals surface area (Å²) >= 11 is 5.96. The number of hydrogen-bond donors (Lipinski definition) is 1. The van der Waals surface area contributed by atoms with Crippen LogP contribution in [-0.4, -0.2) is 5.71 Å². The number of anilines is 1. The van der Waals surface area contributed by atoms with Gasteiger partial charge in [0.05, 0.1) is 11.4 Å². The second-order valence-corrected chi connectivity index (χ2v) is 5.70. The zero-order valence-corrected chi connectivity index (χ0v) is 13.6. The maximum atomic E-state index is 5.96. The van der Waals surface area contributed by atoms with Crippen LogP contribution in [0.3, 0.4) is 0 Å². The molecule has 0 amide bonds. The zero-order chi connectivity index (χ0) is 16.1. The summed E-state index contributed by atoms with van der Waals surface area (Å²) in [4.78, 5) is 0. The highest BCUT2D eigenvalue weighted by Gasteiger charge is 2.00. The van der Waals surface area contributed by atoms with Gasteiger partial charge < -0.3 is 0 Å². The van der Waals surface area contributed by atoms with Crippen LogP contribution in [0.4, 0.5) is 5.69 Å². The lowest BCUT2D eigenvalue weighted by atomic mass is 10.0. The Morgan fingerprint density at radius 2 is 1.52 bits per heavy atom. The smallest absolute Gasteiger partial charge is 0.0648 e. The lowest BCUT2D eigenvalue weighted by Crippen LogP contribution is -1.99. The lowest BCUT2D eigenvalue weighted by molar-refractivity contribution is 1.32. The van der Waals surface area contributed by atoms with Crippen molar-refractivity contribution in [2.75, 3.05) is 5.43 Å². The van der Waals surface area contributed by atoms with Crippen molar-refractivity contribution in [1.29, 1.82) is 0 Å². The first-order valence-corrected chi connectivity index (χ1v) is 7.82. The number of benzene rings is 3. The van der Waals surface area contributed by atoms with Crippen molar-refractivity contribution in [2.24, 2.45) is 5.10 Å². The van der Waals surface area contributed by atoms with E-state index in [4.69, 9.17) is 11.6 Å². The van der Waals surface area contributed by atoms with E-state index in [1.807, 2.05) is 49.4 Å². The van der Waals surface area contributed by atoms with Crippen molar-refractivity contribution in [3.63, 3.8) is 0 Å². The normalized spacial score (nSPS) is 11.3. The molecule has 1 N–H and O–H groups in total. The van der Waals surface area contributed by atoms with Crippen LogP contribution in [0.15, 0.2) is 84.0 Å². The number of hydrogen-bond acceptors (Lipinski definition) is 2. The van der Waals surface area contributed by atoms with Gasteiger partial charge in [-0.2, -0.15) is 5.10 Å². The summed E-state index contributed by atoms with van der Waals surface area (Å²) in [5.74, 6) is 0. The van der Waals surface area contributed by atoms with Gasteiger partial charge in [-0.1, -0.05) is 72.3 Å². The van der Waals surface area contributed by atoms with Gasteiger partial charge in [0.1, 0.15) is 0 Å². The number of rotatable bonds is 4. The third kappa shape index (κ3) is 3.99. The van der Waals surface area contributed by atoms with Gasteiger partial charge in [-0.25, -0.2) is 0 Å². The van der Waals surface area contributed by atoms with Gasteiger partial charge in [0.15, 0.2) is 0 Å². The molecule has 3 rings (SSSR count). The lowest BCUT2D eigenvalue weighted by Gasteiger charge is -2.06. The van der Waals surface area contributed by atoms with Gasteiger partial charge in [-0.3, -0.25) is 5.43 Å². The number of nitrogens with zero attached hydrogens (tertiary/aromatic N) is 1. The Balaban J connectivity index is 1.75. The summed E-state index contributed by atoms with van der Waals surface area (Å²) in [5, 5.41) is 5.11. The van der Waals surface area contributed by atoms with E-state index in [1.54, 1.807) is 0 Å². The summed E-state index contributed by atoms with van der Waals surface area (Å²) in [5.41, 5.74) is 8.32. The molecule has 0 fully saturated rings. The van der Waals surface area contributed by atoms with E-state index < -0.39 is 0 Å². The molecule has 23 heavy (non-hydrogen) atoms. The predicted molar refractivity (Wildman–Crippen MR) is 99.2 cm³/mol. The Hall–Kier alpha value is -2.58. The molecular weight excluding hydrogens is 304 g/mol. The van der Waals surface area contributed by atoms with Gasteiger partial charge in [0.2, 0.25) is 0 Å².